The number of unbranched alkanes of at least 4 members (excludes halogenated alkanes) is 4. The predicted octanol–water partition coefficient (Wildman–Crippen LogP) is 6.36. The molecule has 0 unspecified atom stereocenters. The molecule has 0 radical (unpaired) electrons. The van der Waals surface area contributed by atoms with Crippen molar-refractivity contribution in [3.63, 3.8) is 0 Å². The van der Waals surface area contributed by atoms with Crippen LogP contribution in [0.2, 0.25) is 5.02 Å². The molecule has 2 aromatic rings. The largest absolute Gasteiger partial charge is 0.333 e. The molecule has 0 aliphatic carbocycles. The molecule has 33 heavy (non-hydrogen) atoms. The van der Waals surface area contributed by atoms with E-state index in [1.165, 1.54) is 0 Å². The fraction of sp³-hybridized carbons (Fsp3) is 0.577. The minimum absolute atomic E-state index is 0.0329. The Kier molecular flexibility index (Phi) is 10.4. The average Bonchev–Trinajstić information content (AvgIpc) is 3.18. The molecular formula is C26H39ClN4O2. The number of hydrogen-bond acceptors (Lipinski definition) is 3. The summed E-state index contributed by atoms with van der Waals surface area (Å²) in [6, 6.07) is 9.28. The van der Waals surface area contributed by atoms with Crippen LogP contribution in [-0.4, -0.2) is 39.6 Å². The van der Waals surface area contributed by atoms with Crippen molar-refractivity contribution in [3.05, 3.63) is 41.0 Å². The lowest BCUT2D eigenvalue weighted by Crippen LogP contribution is -2.38. The summed E-state index contributed by atoms with van der Waals surface area (Å²) in [7, 11) is 0. The molecule has 182 valence electrons. The number of benzene rings is 1. The van der Waals surface area contributed by atoms with Gasteiger partial charge in [-0.05, 0) is 25.0 Å². The molecule has 0 saturated carbocycles. The number of nitrogens with one attached hydrogen (secondary N) is 1. The summed E-state index contributed by atoms with van der Waals surface area (Å²) < 4.78 is 1.67. The van der Waals surface area contributed by atoms with Gasteiger partial charge in [0.25, 0.3) is 0 Å². The second-order valence-corrected chi connectivity index (χ2v) is 9.96. The molecule has 1 N–H and O–H groups in total. The summed E-state index contributed by atoms with van der Waals surface area (Å²) in [6.07, 6.45) is 6.50. The molecule has 2 amide bonds. The summed E-state index contributed by atoms with van der Waals surface area (Å²) in [5.41, 5.74) is 1.33. The molecular weight excluding hydrogens is 436 g/mol. The fourth-order valence-electron chi connectivity index (χ4n) is 3.50. The first-order valence-corrected chi connectivity index (χ1v) is 12.5. The van der Waals surface area contributed by atoms with Gasteiger partial charge < -0.3 is 10.2 Å². The van der Waals surface area contributed by atoms with Crippen LogP contribution in [0.1, 0.15) is 85.3 Å². The predicted molar refractivity (Wildman–Crippen MR) is 136 cm³/mol. The monoisotopic (exact) mass is 474 g/mol. The number of carbonyl (C=O) groups excluding carboxylic acids is 2. The van der Waals surface area contributed by atoms with E-state index in [-0.39, 0.29) is 23.8 Å². The lowest BCUT2D eigenvalue weighted by Gasteiger charge is -2.22. The number of halogens is 1. The highest BCUT2D eigenvalue weighted by molar-refractivity contribution is 6.32. The molecule has 6 nitrogen and oxygen atoms in total. The van der Waals surface area contributed by atoms with Crippen LogP contribution in [0.4, 0.5) is 5.82 Å². The summed E-state index contributed by atoms with van der Waals surface area (Å²) in [4.78, 5) is 27.5. The quantitative estimate of drug-likeness (QED) is 0.364. The molecule has 0 fully saturated rings. The van der Waals surface area contributed by atoms with Crippen molar-refractivity contribution in [3.8, 4) is 5.69 Å². The number of rotatable bonds is 12. The number of para-hydroxylation sites is 1. The molecule has 0 aliphatic rings. The zero-order chi connectivity index (χ0) is 24.4. The number of aromatic nitrogens is 2. The minimum Gasteiger partial charge on any atom is -0.333 e. The van der Waals surface area contributed by atoms with E-state index in [2.05, 4.69) is 39.9 Å². The van der Waals surface area contributed by atoms with Gasteiger partial charge in [0, 0.05) is 24.4 Å². The Labute approximate surface area is 203 Å². The third kappa shape index (κ3) is 8.18. The molecule has 1 aromatic heterocycles. The number of carbonyl (C=O) groups is 2. The Morgan fingerprint density at radius 2 is 1.76 bits per heavy atom. The second-order valence-electron chi connectivity index (χ2n) is 9.56. The first-order valence-electron chi connectivity index (χ1n) is 12.1. The standard InChI is InChI=1S/C26H39ClN4O2/c1-6-8-10-11-16-25(33)30(17-9-7-2)19-24(32)28-23-18-22(26(3,4)5)29-31(23)21-15-13-12-14-20(21)27/h12-15,18H,6-11,16-17,19H2,1-5H3,(H,28,32). The van der Waals surface area contributed by atoms with Crippen LogP contribution in [0.25, 0.3) is 5.69 Å². The SMILES string of the molecule is CCCCCCC(=O)N(CCCC)CC(=O)Nc1cc(C(C)(C)C)nn1-c1ccccc1Cl. The number of nitrogens with zero attached hydrogens (tertiary/aromatic N) is 3. The molecule has 0 bridgehead atoms. The van der Waals surface area contributed by atoms with E-state index in [0.717, 1.165) is 44.2 Å². The molecule has 0 saturated heterocycles. The van der Waals surface area contributed by atoms with Crippen molar-refractivity contribution < 1.29 is 9.59 Å². The van der Waals surface area contributed by atoms with Gasteiger partial charge in [-0.3, -0.25) is 9.59 Å². The van der Waals surface area contributed by atoms with Gasteiger partial charge in [-0.25, -0.2) is 4.68 Å². The van der Waals surface area contributed by atoms with Crippen molar-refractivity contribution in [2.24, 2.45) is 0 Å². The minimum atomic E-state index is -0.235. The Bertz CT molecular complexity index is 917. The Balaban J connectivity index is 2.20. The number of hydrogen-bond donors (Lipinski definition) is 1. The number of anilines is 1. The molecule has 1 heterocycles. The lowest BCUT2D eigenvalue weighted by molar-refractivity contribution is -0.134. The lowest BCUT2D eigenvalue weighted by atomic mass is 9.92. The highest BCUT2D eigenvalue weighted by Crippen LogP contribution is 2.29. The van der Waals surface area contributed by atoms with Gasteiger partial charge in [-0.15, -0.1) is 0 Å². The number of amides is 2. The molecule has 0 spiro atoms. The Hall–Kier alpha value is -2.34. The van der Waals surface area contributed by atoms with Crippen LogP contribution >= 0.6 is 11.6 Å². The van der Waals surface area contributed by atoms with Gasteiger partial charge in [0.1, 0.15) is 5.82 Å². The molecule has 0 atom stereocenters. The smallest absolute Gasteiger partial charge is 0.245 e. The van der Waals surface area contributed by atoms with Crippen LogP contribution in [-0.2, 0) is 15.0 Å². The van der Waals surface area contributed by atoms with Crippen LogP contribution in [0.5, 0.6) is 0 Å². The molecule has 1 aromatic carbocycles. The van der Waals surface area contributed by atoms with E-state index in [9.17, 15) is 9.59 Å². The molecule has 0 aliphatic heterocycles. The van der Waals surface area contributed by atoms with E-state index in [1.54, 1.807) is 15.6 Å². The average molecular weight is 475 g/mol. The third-order valence-electron chi connectivity index (χ3n) is 5.54. The van der Waals surface area contributed by atoms with E-state index in [1.807, 2.05) is 24.3 Å². The zero-order valence-electron chi connectivity index (χ0n) is 20.8. The maximum absolute atomic E-state index is 13.0. The van der Waals surface area contributed by atoms with Gasteiger partial charge in [-0.1, -0.05) is 84.0 Å². The van der Waals surface area contributed by atoms with E-state index in [4.69, 9.17) is 16.7 Å². The van der Waals surface area contributed by atoms with E-state index < -0.39 is 0 Å². The third-order valence-corrected chi connectivity index (χ3v) is 5.86. The molecule has 7 heteroatoms. The topological polar surface area (TPSA) is 67.2 Å². The first kappa shape index (κ1) is 26.9. The maximum Gasteiger partial charge on any atom is 0.245 e. The molecule has 2 rings (SSSR count). The second kappa shape index (κ2) is 12.8. The zero-order valence-corrected chi connectivity index (χ0v) is 21.5. The van der Waals surface area contributed by atoms with Crippen molar-refractivity contribution in [1.82, 2.24) is 14.7 Å². The fourth-order valence-corrected chi connectivity index (χ4v) is 3.72. The highest BCUT2D eigenvalue weighted by atomic mass is 35.5. The Morgan fingerprint density at radius 1 is 1.06 bits per heavy atom. The van der Waals surface area contributed by atoms with Gasteiger partial charge in [-0.2, -0.15) is 5.10 Å². The van der Waals surface area contributed by atoms with Gasteiger partial charge in [0.05, 0.1) is 22.9 Å². The van der Waals surface area contributed by atoms with Crippen molar-refractivity contribution in [2.75, 3.05) is 18.4 Å². The van der Waals surface area contributed by atoms with Crippen molar-refractivity contribution in [1.29, 1.82) is 0 Å². The normalized spacial score (nSPS) is 11.5. The summed E-state index contributed by atoms with van der Waals surface area (Å²) in [6.45, 7) is 11.1. The van der Waals surface area contributed by atoms with E-state index in [0.29, 0.717) is 29.5 Å². The van der Waals surface area contributed by atoms with Crippen LogP contribution in [0, 0.1) is 0 Å². The van der Waals surface area contributed by atoms with Crippen LogP contribution in [0.3, 0.4) is 0 Å². The summed E-state index contributed by atoms with van der Waals surface area (Å²) in [5, 5.41) is 8.25. The van der Waals surface area contributed by atoms with Gasteiger partial charge in [0.15, 0.2) is 0 Å². The van der Waals surface area contributed by atoms with Gasteiger partial charge >= 0.3 is 0 Å². The van der Waals surface area contributed by atoms with Gasteiger partial charge in [0.2, 0.25) is 11.8 Å². The summed E-state index contributed by atoms with van der Waals surface area (Å²) >= 11 is 6.42. The van der Waals surface area contributed by atoms with Crippen molar-refractivity contribution in [2.45, 2.75) is 85.0 Å². The van der Waals surface area contributed by atoms with Crippen LogP contribution in [0.15, 0.2) is 30.3 Å². The maximum atomic E-state index is 13.0. The van der Waals surface area contributed by atoms with Crippen LogP contribution < -0.4 is 5.32 Å². The van der Waals surface area contributed by atoms with E-state index >= 15 is 0 Å². The Morgan fingerprint density at radius 3 is 2.39 bits per heavy atom. The van der Waals surface area contributed by atoms with Crippen molar-refractivity contribution >= 4 is 29.2 Å². The first-order chi connectivity index (χ1) is 15.7. The summed E-state index contributed by atoms with van der Waals surface area (Å²) in [5.74, 6) is 0.357. The highest BCUT2D eigenvalue weighted by Gasteiger charge is 2.23.